The number of nitrogens with one attached hydrogen (secondary N) is 2. The summed E-state index contributed by atoms with van der Waals surface area (Å²) < 4.78 is 5.56. The van der Waals surface area contributed by atoms with E-state index >= 15 is 0 Å². The average molecular weight is 493 g/mol. The molecule has 0 spiro atoms. The summed E-state index contributed by atoms with van der Waals surface area (Å²) >= 11 is 0. The van der Waals surface area contributed by atoms with Crippen molar-refractivity contribution in [2.75, 3.05) is 13.1 Å². The molecule has 0 radical (unpaired) electrons. The Bertz CT molecular complexity index is 934. The topological polar surface area (TPSA) is 69.8 Å². The number of guanidine groups is 1. The van der Waals surface area contributed by atoms with Crippen molar-refractivity contribution in [3.8, 4) is 0 Å². The molecule has 3 rings (SSSR count). The van der Waals surface area contributed by atoms with E-state index in [1.807, 2.05) is 32.0 Å². The zero-order chi connectivity index (χ0) is 19.3. The van der Waals surface area contributed by atoms with E-state index in [-0.39, 0.29) is 24.0 Å². The maximum absolute atomic E-state index is 10.7. The fraction of sp³-hybridized carbons (Fsp3) is 0.318. The zero-order valence-corrected chi connectivity index (χ0v) is 18.9. The summed E-state index contributed by atoms with van der Waals surface area (Å²) in [7, 11) is 0. The first-order chi connectivity index (χ1) is 13.0. The minimum absolute atomic E-state index is 0. The van der Waals surface area contributed by atoms with Crippen LogP contribution >= 0.6 is 24.0 Å². The molecule has 150 valence electrons. The number of halogens is 1. The summed E-state index contributed by atoms with van der Waals surface area (Å²) in [6.45, 7) is 7.20. The molecule has 0 bridgehead atoms. The number of benzene rings is 2. The van der Waals surface area contributed by atoms with Crippen molar-refractivity contribution in [3.63, 3.8) is 0 Å². The summed E-state index contributed by atoms with van der Waals surface area (Å²) in [6.07, 6.45) is 0. The van der Waals surface area contributed by atoms with Gasteiger partial charge in [0.15, 0.2) is 5.96 Å². The van der Waals surface area contributed by atoms with Crippen LogP contribution in [0.5, 0.6) is 0 Å². The third-order valence-corrected chi connectivity index (χ3v) is 4.45. The lowest BCUT2D eigenvalue weighted by atomic mass is 10.0. The first-order valence-electron chi connectivity index (χ1n) is 9.27. The van der Waals surface area contributed by atoms with Crippen molar-refractivity contribution < 1.29 is 9.52 Å². The maximum Gasteiger partial charge on any atom is 0.191 e. The Morgan fingerprint density at radius 3 is 2.50 bits per heavy atom. The molecule has 1 atom stereocenters. The zero-order valence-electron chi connectivity index (χ0n) is 16.5. The predicted octanol–water partition coefficient (Wildman–Crippen LogP) is 4.32. The van der Waals surface area contributed by atoms with Gasteiger partial charge in [-0.25, -0.2) is 4.99 Å². The monoisotopic (exact) mass is 493 g/mol. The lowest BCUT2D eigenvalue weighted by Crippen LogP contribution is -2.44. The van der Waals surface area contributed by atoms with Crippen LogP contribution in [0.4, 0.5) is 0 Å². The molecule has 0 saturated heterocycles. The van der Waals surface area contributed by atoms with Gasteiger partial charge >= 0.3 is 0 Å². The van der Waals surface area contributed by atoms with Gasteiger partial charge in [-0.2, -0.15) is 0 Å². The number of hydrogen-bond donors (Lipinski definition) is 3. The second-order valence-corrected chi connectivity index (χ2v) is 6.91. The van der Waals surface area contributed by atoms with E-state index in [9.17, 15) is 5.11 Å². The smallest absolute Gasteiger partial charge is 0.191 e. The summed E-state index contributed by atoms with van der Waals surface area (Å²) in [5, 5.41) is 19.5. The maximum atomic E-state index is 10.7. The van der Waals surface area contributed by atoms with Crippen molar-refractivity contribution in [2.24, 2.45) is 4.99 Å². The molecule has 1 aromatic heterocycles. The van der Waals surface area contributed by atoms with Gasteiger partial charge in [0.1, 0.15) is 17.1 Å². The van der Waals surface area contributed by atoms with E-state index < -0.39 is 5.60 Å². The van der Waals surface area contributed by atoms with Gasteiger partial charge in [0.25, 0.3) is 0 Å². The van der Waals surface area contributed by atoms with Crippen LogP contribution in [0.15, 0.2) is 64.0 Å². The van der Waals surface area contributed by atoms with Gasteiger partial charge in [0, 0.05) is 6.54 Å². The predicted molar refractivity (Wildman–Crippen MR) is 125 cm³/mol. The molecule has 0 aliphatic heterocycles. The Morgan fingerprint density at radius 2 is 1.82 bits per heavy atom. The molecule has 3 aromatic rings. The standard InChI is InChI=1S/C22H27N3O2.HI/c1-4-23-21(25-15-22(3,26)20-12-9-16(2)27-20)24-14-17-10-11-18-7-5-6-8-19(18)13-17;/h5-13,26H,4,14-15H2,1-3H3,(H2,23,24,25);1H. The van der Waals surface area contributed by atoms with Gasteiger partial charge < -0.3 is 20.2 Å². The van der Waals surface area contributed by atoms with Crippen molar-refractivity contribution in [2.45, 2.75) is 32.9 Å². The van der Waals surface area contributed by atoms with E-state index in [4.69, 9.17) is 4.42 Å². The Hall–Kier alpha value is -2.06. The molecule has 0 saturated carbocycles. The molecular formula is C22H28IN3O2. The van der Waals surface area contributed by atoms with Gasteiger partial charge in [0.2, 0.25) is 0 Å². The number of hydrogen-bond acceptors (Lipinski definition) is 3. The highest BCUT2D eigenvalue weighted by atomic mass is 127. The van der Waals surface area contributed by atoms with Crippen LogP contribution < -0.4 is 10.6 Å². The van der Waals surface area contributed by atoms with Crippen LogP contribution in [-0.2, 0) is 12.1 Å². The molecular weight excluding hydrogens is 465 g/mol. The number of aryl methyl sites for hydroxylation is 1. The summed E-state index contributed by atoms with van der Waals surface area (Å²) in [6, 6.07) is 18.3. The number of fused-ring (bicyclic) bond motifs is 1. The third kappa shape index (κ3) is 5.72. The Morgan fingerprint density at radius 1 is 1.07 bits per heavy atom. The van der Waals surface area contributed by atoms with Crippen LogP contribution in [0, 0.1) is 6.92 Å². The average Bonchev–Trinajstić information content (AvgIpc) is 3.11. The molecule has 1 heterocycles. The lowest BCUT2D eigenvalue weighted by molar-refractivity contribution is 0.0378. The van der Waals surface area contributed by atoms with Gasteiger partial charge in [-0.1, -0.05) is 36.4 Å². The van der Waals surface area contributed by atoms with Crippen LogP contribution in [0.1, 0.15) is 30.9 Å². The van der Waals surface area contributed by atoms with Gasteiger partial charge in [-0.15, -0.1) is 24.0 Å². The fourth-order valence-electron chi connectivity index (χ4n) is 2.92. The first kappa shape index (κ1) is 22.2. The third-order valence-electron chi connectivity index (χ3n) is 4.45. The largest absolute Gasteiger partial charge is 0.463 e. The molecule has 0 fully saturated rings. The van der Waals surface area contributed by atoms with E-state index in [1.165, 1.54) is 10.8 Å². The number of rotatable bonds is 6. The molecule has 5 nitrogen and oxygen atoms in total. The van der Waals surface area contributed by atoms with E-state index in [0.717, 1.165) is 17.9 Å². The Kier molecular flexibility index (Phi) is 7.88. The second-order valence-electron chi connectivity index (χ2n) is 6.91. The van der Waals surface area contributed by atoms with Crippen molar-refractivity contribution in [1.82, 2.24) is 10.6 Å². The summed E-state index contributed by atoms with van der Waals surface area (Å²) in [5.41, 5.74) is 0.0206. The first-order valence-corrected chi connectivity index (χ1v) is 9.27. The summed E-state index contributed by atoms with van der Waals surface area (Å²) in [5.74, 6) is 1.98. The number of aliphatic imine (C=N–C) groups is 1. The minimum Gasteiger partial charge on any atom is -0.463 e. The molecule has 0 amide bonds. The molecule has 6 heteroatoms. The quantitative estimate of drug-likeness (QED) is 0.272. The number of furan rings is 1. The highest BCUT2D eigenvalue weighted by Gasteiger charge is 2.27. The highest BCUT2D eigenvalue weighted by Crippen LogP contribution is 2.22. The van der Waals surface area contributed by atoms with Crippen LogP contribution in [0.2, 0.25) is 0 Å². The van der Waals surface area contributed by atoms with E-state index in [0.29, 0.717) is 24.8 Å². The van der Waals surface area contributed by atoms with Crippen molar-refractivity contribution >= 4 is 40.7 Å². The summed E-state index contributed by atoms with van der Waals surface area (Å²) in [4.78, 5) is 4.65. The molecule has 1 unspecified atom stereocenters. The minimum atomic E-state index is -1.12. The van der Waals surface area contributed by atoms with Crippen LogP contribution in [0.3, 0.4) is 0 Å². The van der Waals surface area contributed by atoms with Gasteiger partial charge in [-0.3, -0.25) is 0 Å². The van der Waals surface area contributed by atoms with Crippen molar-refractivity contribution in [3.05, 3.63) is 71.7 Å². The number of aliphatic hydroxyl groups is 1. The number of nitrogens with zero attached hydrogens (tertiary/aromatic N) is 1. The fourth-order valence-corrected chi connectivity index (χ4v) is 2.92. The highest BCUT2D eigenvalue weighted by molar-refractivity contribution is 14.0. The Balaban J connectivity index is 0.00000280. The van der Waals surface area contributed by atoms with E-state index in [1.54, 1.807) is 13.0 Å². The van der Waals surface area contributed by atoms with Gasteiger partial charge in [0.05, 0.1) is 13.1 Å². The lowest BCUT2D eigenvalue weighted by Gasteiger charge is -2.22. The molecule has 2 aromatic carbocycles. The molecule has 0 aliphatic carbocycles. The van der Waals surface area contributed by atoms with Crippen molar-refractivity contribution in [1.29, 1.82) is 0 Å². The Labute approximate surface area is 183 Å². The SMILES string of the molecule is CCNC(=NCc1ccc2ccccc2c1)NCC(C)(O)c1ccc(C)o1.I. The van der Waals surface area contributed by atoms with E-state index in [2.05, 4.69) is 46.0 Å². The normalized spacial score (nSPS) is 13.6. The molecule has 3 N–H and O–H groups in total. The van der Waals surface area contributed by atoms with Crippen LogP contribution in [-0.4, -0.2) is 24.2 Å². The van der Waals surface area contributed by atoms with Gasteiger partial charge in [-0.05, 0) is 55.3 Å². The van der Waals surface area contributed by atoms with Crippen LogP contribution in [0.25, 0.3) is 10.8 Å². The molecule has 28 heavy (non-hydrogen) atoms. The second kappa shape index (κ2) is 9.93. The molecule has 0 aliphatic rings.